The van der Waals surface area contributed by atoms with Crippen LogP contribution in [0.1, 0.15) is 60.3 Å². The first kappa shape index (κ1) is 25.2. The maximum absolute atomic E-state index is 15.6. The lowest BCUT2D eigenvalue weighted by atomic mass is 10.1. The number of rotatable bonds is 8. The molecule has 2 N–H and O–H groups in total. The number of hydrogen-bond donors (Lipinski definition) is 2. The Labute approximate surface area is 217 Å². The van der Waals surface area contributed by atoms with Crippen molar-refractivity contribution in [2.45, 2.75) is 45.6 Å². The van der Waals surface area contributed by atoms with E-state index in [0.29, 0.717) is 23.1 Å². The number of nitrogens with one attached hydrogen (secondary N) is 1. The Bertz CT molecular complexity index is 1520. The Morgan fingerprint density at radius 2 is 2.05 bits per heavy atom. The summed E-state index contributed by atoms with van der Waals surface area (Å²) in [6, 6.07) is 6.44. The molecule has 12 heteroatoms. The first-order valence-electron chi connectivity index (χ1n) is 12.1. The third-order valence-electron chi connectivity index (χ3n) is 6.26. The summed E-state index contributed by atoms with van der Waals surface area (Å²) in [7, 11) is 0. The number of nitrogens with zero attached hydrogens (tertiary/aromatic N) is 6. The van der Waals surface area contributed by atoms with Gasteiger partial charge in [-0.3, -0.25) is 4.79 Å². The molecular weight excluding hydrogens is 493 g/mol. The molecule has 4 aromatic rings. The number of ether oxygens (including phenoxy) is 1. The van der Waals surface area contributed by atoms with Crippen molar-refractivity contribution in [3.05, 3.63) is 65.8 Å². The van der Waals surface area contributed by atoms with Crippen molar-refractivity contribution in [3.8, 4) is 23.0 Å². The minimum absolute atomic E-state index is 0.0868. The lowest BCUT2D eigenvalue weighted by Crippen LogP contribution is -2.19. The minimum Gasteiger partial charge on any atom is -0.421 e. The third-order valence-corrected chi connectivity index (χ3v) is 6.26. The summed E-state index contributed by atoms with van der Waals surface area (Å²) in [4.78, 5) is 34.0. The molecule has 0 unspecified atom stereocenters. The summed E-state index contributed by atoms with van der Waals surface area (Å²) < 4.78 is 24.2. The van der Waals surface area contributed by atoms with E-state index in [1.165, 1.54) is 6.07 Å². The number of carbonyl (C=O) groups is 2. The molecule has 0 aliphatic heterocycles. The average molecular weight is 520 g/mol. The van der Waals surface area contributed by atoms with Gasteiger partial charge in [0, 0.05) is 23.7 Å². The Balaban J connectivity index is 1.51. The zero-order chi connectivity index (χ0) is 27.0. The molecule has 196 valence electrons. The summed E-state index contributed by atoms with van der Waals surface area (Å²) >= 11 is 0. The number of aliphatic hydroxyl groups is 1. The van der Waals surface area contributed by atoms with Gasteiger partial charge in [-0.15, -0.1) is 10.2 Å². The van der Waals surface area contributed by atoms with Crippen LogP contribution in [-0.2, 0) is 4.79 Å². The molecule has 1 aliphatic rings. The van der Waals surface area contributed by atoms with Crippen LogP contribution in [-0.4, -0.2) is 52.9 Å². The van der Waals surface area contributed by atoms with Gasteiger partial charge >= 0.3 is 5.97 Å². The third kappa shape index (κ3) is 4.90. The summed E-state index contributed by atoms with van der Waals surface area (Å²) in [6.45, 7) is 4.57. The predicted molar refractivity (Wildman–Crippen MR) is 135 cm³/mol. The van der Waals surface area contributed by atoms with Gasteiger partial charge in [0.1, 0.15) is 24.4 Å². The topological polar surface area (TPSA) is 137 Å². The number of aliphatic hydroxyl groups excluding tert-OH is 1. The molecule has 1 saturated carbocycles. The second-order valence-corrected chi connectivity index (χ2v) is 9.34. The highest BCUT2D eigenvalue weighted by atomic mass is 19.1. The summed E-state index contributed by atoms with van der Waals surface area (Å²) in [5.41, 5.74) is 1.68. The maximum atomic E-state index is 15.6. The second kappa shape index (κ2) is 10.1. The number of hydrogen-bond acceptors (Lipinski definition) is 8. The van der Waals surface area contributed by atoms with Gasteiger partial charge < -0.3 is 24.3 Å². The van der Waals surface area contributed by atoms with Crippen molar-refractivity contribution >= 4 is 17.7 Å². The largest absolute Gasteiger partial charge is 0.421 e. The van der Waals surface area contributed by atoms with Crippen LogP contribution >= 0.6 is 0 Å². The molecule has 11 nitrogen and oxygen atoms in total. The number of carbonyl (C=O) groups excluding carboxylic acids is 2. The van der Waals surface area contributed by atoms with Crippen LogP contribution in [0.2, 0.25) is 0 Å². The van der Waals surface area contributed by atoms with Crippen LogP contribution in [0.25, 0.3) is 17.2 Å². The molecule has 0 bridgehead atoms. The normalized spacial score (nSPS) is 13.1. The highest BCUT2D eigenvalue weighted by Gasteiger charge is 2.28. The zero-order valence-electron chi connectivity index (χ0n) is 21.1. The van der Waals surface area contributed by atoms with Gasteiger partial charge in [-0.1, -0.05) is 6.07 Å². The molecule has 1 fully saturated rings. The molecule has 0 saturated heterocycles. The first-order chi connectivity index (χ1) is 18.3. The Hall–Kier alpha value is -4.45. The van der Waals surface area contributed by atoms with Crippen LogP contribution in [0.15, 0.2) is 43.1 Å². The molecule has 0 radical (unpaired) electrons. The molecule has 1 amide bonds. The highest BCUT2D eigenvalue weighted by molar-refractivity contribution is 6.05. The smallest absolute Gasteiger partial charge is 0.337 e. The van der Waals surface area contributed by atoms with Gasteiger partial charge in [0.2, 0.25) is 0 Å². The Morgan fingerprint density at radius 3 is 2.76 bits per heavy atom. The number of aromatic nitrogens is 6. The summed E-state index contributed by atoms with van der Waals surface area (Å²) in [5, 5.41) is 19.8. The van der Waals surface area contributed by atoms with E-state index in [9.17, 15) is 9.59 Å². The number of esters is 1. The Morgan fingerprint density at radius 1 is 1.26 bits per heavy atom. The zero-order valence-corrected chi connectivity index (χ0v) is 21.1. The molecular formula is C26H26FN7O4. The van der Waals surface area contributed by atoms with Gasteiger partial charge in [-0.25, -0.2) is 19.2 Å². The second-order valence-electron chi connectivity index (χ2n) is 9.34. The number of imidazole rings is 1. The first-order valence-corrected chi connectivity index (χ1v) is 12.1. The number of halogens is 1. The van der Waals surface area contributed by atoms with Gasteiger partial charge in [0.05, 0.1) is 23.3 Å². The lowest BCUT2D eigenvalue weighted by molar-refractivity contribution is -0.137. The van der Waals surface area contributed by atoms with Crippen molar-refractivity contribution < 1.29 is 23.8 Å². The minimum atomic E-state index is -1.05. The number of amides is 1. The fourth-order valence-electron chi connectivity index (χ4n) is 4.09. The van der Waals surface area contributed by atoms with Gasteiger partial charge in [-0.2, -0.15) is 0 Å². The van der Waals surface area contributed by atoms with Crippen molar-refractivity contribution in [1.29, 1.82) is 0 Å². The quantitative estimate of drug-likeness (QED) is 0.266. The van der Waals surface area contributed by atoms with Crippen molar-refractivity contribution in [2.75, 3.05) is 11.9 Å². The van der Waals surface area contributed by atoms with Gasteiger partial charge in [-0.05, 0) is 51.8 Å². The van der Waals surface area contributed by atoms with E-state index in [0.717, 1.165) is 18.5 Å². The van der Waals surface area contributed by atoms with E-state index < -0.39 is 30.1 Å². The lowest BCUT2D eigenvalue weighted by Gasteiger charge is -2.16. The van der Waals surface area contributed by atoms with E-state index in [4.69, 9.17) is 9.84 Å². The number of pyridine rings is 1. The highest BCUT2D eigenvalue weighted by Crippen LogP contribution is 2.40. The number of benzene rings is 1. The van der Waals surface area contributed by atoms with Crippen molar-refractivity contribution in [2.24, 2.45) is 0 Å². The summed E-state index contributed by atoms with van der Waals surface area (Å²) in [5.74, 6) is -2.27. The van der Waals surface area contributed by atoms with E-state index in [1.54, 1.807) is 42.3 Å². The van der Waals surface area contributed by atoms with E-state index in [1.807, 2.05) is 24.6 Å². The fraction of sp³-hybridized carbons (Fsp3) is 0.308. The van der Waals surface area contributed by atoms with Crippen LogP contribution < -0.4 is 10.1 Å². The van der Waals surface area contributed by atoms with Crippen LogP contribution in [0.5, 0.6) is 5.75 Å². The molecule has 1 aliphatic carbocycles. The molecule has 0 spiro atoms. The maximum Gasteiger partial charge on any atom is 0.337 e. The standard InChI is InChI=1S/C26H26FN7O4/c1-14(2)34-13-29-32-25(34)18-5-4-6-21(30-18)31-26(37)17-9-20(33-10-19(28-12-33)16-7-8-16)15(3)24(23(17)27)38-22(36)11-35/h4-6,9-10,12-14,16,35H,7-8,11H2,1-3H3,(H,30,31,37). The molecule has 1 aromatic carbocycles. The molecule has 0 atom stereocenters. The van der Waals surface area contributed by atoms with E-state index >= 15 is 4.39 Å². The van der Waals surface area contributed by atoms with Crippen molar-refractivity contribution in [3.63, 3.8) is 0 Å². The predicted octanol–water partition coefficient (Wildman–Crippen LogP) is 3.58. The van der Waals surface area contributed by atoms with Crippen LogP contribution in [0.4, 0.5) is 10.2 Å². The fourth-order valence-corrected chi connectivity index (χ4v) is 4.09. The van der Waals surface area contributed by atoms with Gasteiger partial charge in [0.15, 0.2) is 17.4 Å². The van der Waals surface area contributed by atoms with E-state index in [-0.39, 0.29) is 23.0 Å². The van der Waals surface area contributed by atoms with Gasteiger partial charge in [0.25, 0.3) is 5.91 Å². The summed E-state index contributed by atoms with van der Waals surface area (Å²) in [6.07, 6.45) is 7.07. The monoisotopic (exact) mass is 519 g/mol. The van der Waals surface area contributed by atoms with Crippen LogP contribution in [0, 0.1) is 12.7 Å². The van der Waals surface area contributed by atoms with Crippen LogP contribution in [0.3, 0.4) is 0 Å². The molecule has 3 heterocycles. The molecule has 38 heavy (non-hydrogen) atoms. The van der Waals surface area contributed by atoms with E-state index in [2.05, 4.69) is 25.5 Å². The number of anilines is 1. The average Bonchev–Trinajstić information content (AvgIpc) is 3.42. The molecule has 5 rings (SSSR count). The SMILES string of the molecule is Cc1c(-n2cnc(C3CC3)c2)cc(C(=O)Nc2cccc(-c3nncn3C(C)C)n2)c(F)c1OC(=O)CO. The van der Waals surface area contributed by atoms with Crippen molar-refractivity contribution in [1.82, 2.24) is 29.3 Å². The Kier molecular flexibility index (Phi) is 6.72. The molecule has 3 aromatic heterocycles.